The zero-order valence-electron chi connectivity index (χ0n) is 12.1. The Morgan fingerprint density at radius 1 is 1.43 bits per heavy atom. The lowest BCUT2D eigenvalue weighted by molar-refractivity contribution is -0.140. The Hall–Kier alpha value is -1.26. The highest BCUT2D eigenvalue weighted by Crippen LogP contribution is 2.48. The summed E-state index contributed by atoms with van der Waals surface area (Å²) >= 11 is 5.99. The Morgan fingerprint density at radius 3 is 2.67 bits per heavy atom. The summed E-state index contributed by atoms with van der Waals surface area (Å²) in [6.45, 7) is 0. The largest absolute Gasteiger partial charge is 0.496 e. The van der Waals surface area contributed by atoms with Gasteiger partial charge in [0.15, 0.2) is 0 Å². The zero-order chi connectivity index (χ0) is 15.5. The summed E-state index contributed by atoms with van der Waals surface area (Å²) in [5, 5.41) is 20.2. The van der Waals surface area contributed by atoms with Crippen molar-refractivity contribution in [2.75, 3.05) is 7.11 Å². The summed E-state index contributed by atoms with van der Waals surface area (Å²) in [5.74, 6) is -0.225. The molecule has 116 valence electrons. The van der Waals surface area contributed by atoms with Gasteiger partial charge in [0.1, 0.15) is 5.75 Å². The van der Waals surface area contributed by atoms with Crippen molar-refractivity contribution in [2.45, 2.75) is 44.6 Å². The van der Waals surface area contributed by atoms with E-state index in [9.17, 15) is 9.90 Å². The van der Waals surface area contributed by atoms with Crippen LogP contribution in [0.4, 0.5) is 0 Å². The molecule has 0 saturated heterocycles. The first-order valence-electron chi connectivity index (χ1n) is 7.19. The maximum absolute atomic E-state index is 11.1. The van der Waals surface area contributed by atoms with E-state index in [0.29, 0.717) is 22.8 Å². The summed E-state index contributed by atoms with van der Waals surface area (Å²) in [7, 11) is 1.54. The number of carbonyl (C=O) groups is 1. The van der Waals surface area contributed by atoms with E-state index in [-0.39, 0.29) is 11.8 Å². The third-order valence-electron chi connectivity index (χ3n) is 4.37. The van der Waals surface area contributed by atoms with Crippen LogP contribution in [0, 0.1) is 5.41 Å². The van der Waals surface area contributed by atoms with Crippen molar-refractivity contribution >= 4 is 17.6 Å². The lowest BCUT2D eigenvalue weighted by Crippen LogP contribution is -2.24. The van der Waals surface area contributed by atoms with Crippen LogP contribution in [-0.4, -0.2) is 23.3 Å². The molecule has 1 unspecified atom stereocenters. The molecule has 1 saturated carbocycles. The van der Waals surface area contributed by atoms with Crippen molar-refractivity contribution in [1.82, 2.24) is 0 Å². The van der Waals surface area contributed by atoms with Gasteiger partial charge in [0.05, 0.1) is 19.6 Å². The van der Waals surface area contributed by atoms with Crippen LogP contribution < -0.4 is 4.74 Å². The molecule has 1 atom stereocenters. The lowest BCUT2D eigenvalue weighted by atomic mass is 9.76. The van der Waals surface area contributed by atoms with Gasteiger partial charge in [-0.25, -0.2) is 0 Å². The molecule has 1 fully saturated rings. The number of ether oxygens (including phenoxy) is 1. The molecule has 0 aromatic heterocycles. The van der Waals surface area contributed by atoms with Crippen molar-refractivity contribution in [3.05, 3.63) is 28.8 Å². The summed E-state index contributed by atoms with van der Waals surface area (Å²) < 4.78 is 5.26. The maximum Gasteiger partial charge on any atom is 0.303 e. The molecule has 1 aliphatic rings. The van der Waals surface area contributed by atoms with Crippen LogP contribution in [0.25, 0.3) is 0 Å². The fourth-order valence-corrected chi connectivity index (χ4v) is 3.57. The molecule has 0 heterocycles. The number of methoxy groups -OCH3 is 1. The van der Waals surface area contributed by atoms with Crippen molar-refractivity contribution in [3.8, 4) is 5.75 Å². The van der Waals surface area contributed by atoms with Crippen LogP contribution in [0.2, 0.25) is 5.02 Å². The molecule has 0 amide bonds. The number of aliphatic hydroxyl groups excluding tert-OH is 1. The minimum absolute atomic E-state index is 0.104. The fraction of sp³-hybridized carbons (Fsp3) is 0.562. The van der Waals surface area contributed by atoms with Gasteiger partial charge in [-0.1, -0.05) is 24.4 Å². The molecule has 2 N–H and O–H groups in total. The summed E-state index contributed by atoms with van der Waals surface area (Å²) in [4.78, 5) is 11.1. The van der Waals surface area contributed by atoms with E-state index in [4.69, 9.17) is 21.4 Å². The second-order valence-corrected chi connectivity index (χ2v) is 6.32. The topological polar surface area (TPSA) is 66.8 Å². The Kier molecular flexibility index (Phi) is 5.12. The maximum atomic E-state index is 11.1. The number of halogens is 1. The molecule has 2 rings (SSSR count). The highest BCUT2D eigenvalue weighted by molar-refractivity contribution is 6.30. The molecule has 0 aliphatic heterocycles. The molecule has 1 aromatic carbocycles. The molecular formula is C16H21ClO4. The summed E-state index contributed by atoms with van der Waals surface area (Å²) in [5.41, 5.74) is 0.306. The van der Waals surface area contributed by atoms with Crippen LogP contribution in [-0.2, 0) is 4.79 Å². The average molecular weight is 313 g/mol. The number of carboxylic acid groups (broad SMARTS) is 1. The van der Waals surface area contributed by atoms with Crippen LogP contribution in [0.5, 0.6) is 5.75 Å². The molecule has 5 heteroatoms. The average Bonchev–Trinajstić information content (AvgIpc) is 2.85. The lowest BCUT2D eigenvalue weighted by Gasteiger charge is -2.30. The third kappa shape index (κ3) is 3.89. The Balaban J connectivity index is 2.21. The monoisotopic (exact) mass is 312 g/mol. The molecule has 0 bridgehead atoms. The number of rotatable bonds is 6. The van der Waals surface area contributed by atoms with Crippen molar-refractivity contribution in [3.63, 3.8) is 0 Å². The first-order chi connectivity index (χ1) is 9.96. The number of benzene rings is 1. The van der Waals surface area contributed by atoms with E-state index < -0.39 is 12.1 Å². The van der Waals surface area contributed by atoms with E-state index in [0.717, 1.165) is 25.7 Å². The predicted octanol–water partition coefficient (Wildman–Crippen LogP) is 3.81. The van der Waals surface area contributed by atoms with Crippen LogP contribution in [0.1, 0.15) is 50.2 Å². The van der Waals surface area contributed by atoms with E-state index >= 15 is 0 Å². The van der Waals surface area contributed by atoms with Gasteiger partial charge >= 0.3 is 5.97 Å². The third-order valence-corrected chi connectivity index (χ3v) is 4.60. The Bertz CT molecular complexity index is 509. The second-order valence-electron chi connectivity index (χ2n) is 5.88. The molecule has 1 aromatic rings. The smallest absolute Gasteiger partial charge is 0.303 e. The highest BCUT2D eigenvalue weighted by Gasteiger charge is 2.38. The summed E-state index contributed by atoms with van der Waals surface area (Å²) in [6, 6.07) is 5.12. The molecule has 0 radical (unpaired) electrons. The van der Waals surface area contributed by atoms with Gasteiger partial charge < -0.3 is 14.9 Å². The van der Waals surface area contributed by atoms with E-state index in [1.807, 2.05) is 0 Å². The Labute approximate surface area is 129 Å². The van der Waals surface area contributed by atoms with E-state index in [2.05, 4.69) is 0 Å². The van der Waals surface area contributed by atoms with Crippen molar-refractivity contribution in [1.29, 1.82) is 0 Å². The molecular weight excluding hydrogens is 292 g/mol. The molecule has 4 nitrogen and oxygen atoms in total. The van der Waals surface area contributed by atoms with Gasteiger partial charge in [0, 0.05) is 10.6 Å². The van der Waals surface area contributed by atoms with Gasteiger partial charge in [0.2, 0.25) is 0 Å². The van der Waals surface area contributed by atoms with Crippen LogP contribution >= 0.6 is 11.6 Å². The van der Waals surface area contributed by atoms with E-state index in [1.54, 1.807) is 25.3 Å². The quantitative estimate of drug-likeness (QED) is 0.838. The van der Waals surface area contributed by atoms with Crippen LogP contribution in [0.3, 0.4) is 0 Å². The molecule has 1 aliphatic carbocycles. The van der Waals surface area contributed by atoms with Gasteiger partial charge in [0.25, 0.3) is 0 Å². The van der Waals surface area contributed by atoms with Crippen LogP contribution in [0.15, 0.2) is 18.2 Å². The fourth-order valence-electron chi connectivity index (χ4n) is 3.38. The first kappa shape index (κ1) is 16.1. The van der Waals surface area contributed by atoms with Crippen molar-refractivity contribution < 1.29 is 19.7 Å². The Morgan fingerprint density at radius 2 is 2.10 bits per heavy atom. The number of carboxylic acids is 1. The SMILES string of the molecule is COc1ccc(Cl)cc1C(O)CC1(CC(=O)O)CCCC1. The second kappa shape index (κ2) is 6.67. The molecule has 21 heavy (non-hydrogen) atoms. The number of hydrogen-bond acceptors (Lipinski definition) is 3. The van der Waals surface area contributed by atoms with Crippen molar-refractivity contribution in [2.24, 2.45) is 5.41 Å². The van der Waals surface area contributed by atoms with Gasteiger partial charge in [-0.3, -0.25) is 4.79 Å². The number of aliphatic carboxylic acids is 1. The minimum atomic E-state index is -0.804. The normalized spacial score (nSPS) is 18.4. The zero-order valence-corrected chi connectivity index (χ0v) is 12.9. The highest BCUT2D eigenvalue weighted by atomic mass is 35.5. The van der Waals surface area contributed by atoms with Gasteiger partial charge in [-0.2, -0.15) is 0 Å². The number of hydrogen-bond donors (Lipinski definition) is 2. The summed E-state index contributed by atoms with van der Waals surface area (Å²) in [6.07, 6.45) is 3.50. The van der Waals surface area contributed by atoms with Gasteiger partial charge in [-0.15, -0.1) is 0 Å². The minimum Gasteiger partial charge on any atom is -0.496 e. The van der Waals surface area contributed by atoms with E-state index in [1.165, 1.54) is 0 Å². The number of aliphatic hydroxyl groups is 1. The van der Waals surface area contributed by atoms with Gasteiger partial charge in [-0.05, 0) is 42.9 Å². The standard InChI is InChI=1S/C16H21ClO4/c1-21-14-5-4-11(17)8-12(14)13(18)9-16(10-15(19)20)6-2-3-7-16/h4-5,8,13,18H,2-3,6-7,9-10H2,1H3,(H,19,20). The predicted molar refractivity (Wildman–Crippen MR) is 80.7 cm³/mol. The molecule has 0 spiro atoms. The first-order valence-corrected chi connectivity index (χ1v) is 7.57.